The van der Waals surface area contributed by atoms with Gasteiger partial charge in [0.1, 0.15) is 6.61 Å². The molecule has 2 aromatic carbocycles. The van der Waals surface area contributed by atoms with Gasteiger partial charge in [-0.2, -0.15) is 0 Å². The monoisotopic (exact) mass is 314 g/mol. The Bertz CT molecular complexity index is 606. The van der Waals surface area contributed by atoms with Crippen LogP contribution in [-0.2, 0) is 16.0 Å². The number of methoxy groups -OCH3 is 1. The molecule has 0 aliphatic heterocycles. The van der Waals surface area contributed by atoms with Crippen LogP contribution in [-0.4, -0.2) is 30.8 Å². The van der Waals surface area contributed by atoms with Gasteiger partial charge >= 0.3 is 6.09 Å². The smallest absolute Gasteiger partial charge is 0.411 e. The van der Waals surface area contributed by atoms with Gasteiger partial charge in [0.15, 0.2) is 0 Å². The van der Waals surface area contributed by atoms with Crippen molar-refractivity contribution in [2.45, 2.75) is 6.42 Å². The second-order valence-corrected chi connectivity index (χ2v) is 4.89. The molecule has 2 rings (SSSR count). The van der Waals surface area contributed by atoms with Gasteiger partial charge in [-0.15, -0.1) is 0 Å². The van der Waals surface area contributed by atoms with Crippen molar-refractivity contribution in [3.8, 4) is 0 Å². The van der Waals surface area contributed by atoms with Crippen LogP contribution in [0.25, 0.3) is 0 Å². The lowest BCUT2D eigenvalue weighted by Crippen LogP contribution is -2.15. The number of benzene rings is 2. The maximum atomic E-state index is 11.1. The van der Waals surface area contributed by atoms with Gasteiger partial charge in [0.05, 0.1) is 7.11 Å². The second-order valence-electron chi connectivity index (χ2n) is 4.89. The van der Waals surface area contributed by atoms with E-state index < -0.39 is 18.6 Å². The van der Waals surface area contributed by atoms with E-state index in [9.17, 15) is 9.59 Å². The van der Waals surface area contributed by atoms with Gasteiger partial charge in [0, 0.05) is 11.4 Å². The molecule has 0 aromatic heterocycles. The molecule has 0 spiro atoms. The number of amides is 2. The maximum absolute atomic E-state index is 11.1. The topological polar surface area (TPSA) is 87.7 Å². The van der Waals surface area contributed by atoms with E-state index in [0.29, 0.717) is 11.4 Å². The molecule has 6 heteroatoms. The SMILES string of the molecule is COC(=O)Nc1ccc(Cc2ccc(NC(=O)CO)cc2)cc1. The van der Waals surface area contributed by atoms with Gasteiger partial charge in [0.25, 0.3) is 0 Å². The number of hydrogen-bond donors (Lipinski definition) is 3. The molecule has 23 heavy (non-hydrogen) atoms. The third kappa shape index (κ3) is 5.12. The number of aliphatic hydroxyl groups is 1. The average molecular weight is 314 g/mol. The molecule has 0 fully saturated rings. The summed E-state index contributed by atoms with van der Waals surface area (Å²) in [5.41, 5.74) is 3.49. The zero-order valence-corrected chi connectivity index (χ0v) is 12.7. The van der Waals surface area contributed by atoms with Crippen LogP contribution in [0.2, 0.25) is 0 Å². The molecule has 2 aromatic rings. The van der Waals surface area contributed by atoms with Gasteiger partial charge < -0.3 is 15.2 Å². The summed E-state index contributed by atoms with van der Waals surface area (Å²) in [5, 5.41) is 13.9. The first-order chi connectivity index (χ1) is 11.1. The zero-order chi connectivity index (χ0) is 16.7. The Kier molecular flexibility index (Phi) is 5.71. The summed E-state index contributed by atoms with van der Waals surface area (Å²) in [6, 6.07) is 14.9. The first-order valence-corrected chi connectivity index (χ1v) is 7.04. The summed E-state index contributed by atoms with van der Waals surface area (Å²) >= 11 is 0. The van der Waals surface area contributed by atoms with E-state index >= 15 is 0 Å². The minimum absolute atomic E-state index is 0.438. The molecular weight excluding hydrogens is 296 g/mol. The van der Waals surface area contributed by atoms with Gasteiger partial charge in [-0.3, -0.25) is 10.1 Å². The van der Waals surface area contributed by atoms with Crippen LogP contribution in [0.15, 0.2) is 48.5 Å². The van der Waals surface area contributed by atoms with Crippen molar-refractivity contribution >= 4 is 23.4 Å². The Labute approximate surface area is 134 Å². The number of carbonyl (C=O) groups is 2. The van der Waals surface area contributed by atoms with Crippen molar-refractivity contribution in [1.82, 2.24) is 0 Å². The number of aliphatic hydroxyl groups excluding tert-OH is 1. The summed E-state index contributed by atoms with van der Waals surface area (Å²) in [6.07, 6.45) is 0.227. The number of nitrogens with one attached hydrogen (secondary N) is 2. The minimum Gasteiger partial charge on any atom is -0.453 e. The first kappa shape index (κ1) is 16.5. The first-order valence-electron chi connectivity index (χ1n) is 7.04. The minimum atomic E-state index is -0.534. The highest BCUT2D eigenvalue weighted by Gasteiger charge is 2.03. The predicted molar refractivity (Wildman–Crippen MR) is 87.4 cm³/mol. The zero-order valence-electron chi connectivity index (χ0n) is 12.7. The Balaban J connectivity index is 1.96. The van der Waals surface area contributed by atoms with E-state index in [1.807, 2.05) is 36.4 Å². The molecule has 2 amide bonds. The van der Waals surface area contributed by atoms with Crippen molar-refractivity contribution < 1.29 is 19.4 Å². The van der Waals surface area contributed by atoms with E-state index in [1.54, 1.807) is 12.1 Å². The molecule has 6 nitrogen and oxygen atoms in total. The molecular formula is C17H18N2O4. The number of anilines is 2. The summed E-state index contributed by atoms with van der Waals surface area (Å²) in [4.78, 5) is 22.2. The lowest BCUT2D eigenvalue weighted by Gasteiger charge is -2.07. The quantitative estimate of drug-likeness (QED) is 0.791. The van der Waals surface area contributed by atoms with Crippen LogP contribution < -0.4 is 10.6 Å². The van der Waals surface area contributed by atoms with Crippen molar-refractivity contribution in [3.05, 3.63) is 59.7 Å². The number of ether oxygens (including phenoxy) is 1. The maximum Gasteiger partial charge on any atom is 0.411 e. The molecule has 0 saturated carbocycles. The normalized spacial score (nSPS) is 10.0. The number of hydrogen-bond acceptors (Lipinski definition) is 4. The van der Waals surface area contributed by atoms with E-state index in [1.165, 1.54) is 7.11 Å². The summed E-state index contributed by atoms with van der Waals surface area (Å²) < 4.78 is 4.53. The van der Waals surface area contributed by atoms with E-state index in [0.717, 1.165) is 17.5 Å². The Morgan fingerprint density at radius 3 is 1.83 bits per heavy atom. The fourth-order valence-corrected chi connectivity index (χ4v) is 2.02. The average Bonchev–Trinajstić information content (AvgIpc) is 2.58. The summed E-state index contributed by atoms with van der Waals surface area (Å²) in [7, 11) is 1.32. The highest BCUT2D eigenvalue weighted by molar-refractivity contribution is 5.91. The highest BCUT2D eigenvalue weighted by atomic mass is 16.5. The molecule has 3 N–H and O–H groups in total. The van der Waals surface area contributed by atoms with Crippen LogP contribution >= 0.6 is 0 Å². The second kappa shape index (κ2) is 7.95. The van der Waals surface area contributed by atoms with Crippen LogP contribution in [0, 0.1) is 0 Å². The van der Waals surface area contributed by atoms with Crippen molar-refractivity contribution in [2.24, 2.45) is 0 Å². The predicted octanol–water partition coefficient (Wildman–Crippen LogP) is 2.39. The molecule has 120 valence electrons. The molecule has 0 aliphatic rings. The lowest BCUT2D eigenvalue weighted by molar-refractivity contribution is -0.118. The van der Waals surface area contributed by atoms with Crippen molar-refractivity contribution in [2.75, 3.05) is 24.4 Å². The fourth-order valence-electron chi connectivity index (χ4n) is 2.02. The Hall–Kier alpha value is -2.86. The summed E-state index contributed by atoms with van der Waals surface area (Å²) in [5.74, 6) is -0.438. The van der Waals surface area contributed by atoms with Crippen LogP contribution in [0.3, 0.4) is 0 Å². The number of carbonyl (C=O) groups excluding carboxylic acids is 2. The third-order valence-electron chi connectivity index (χ3n) is 3.18. The molecule has 0 saturated heterocycles. The molecule has 0 heterocycles. The molecule has 0 unspecified atom stereocenters. The van der Waals surface area contributed by atoms with Crippen molar-refractivity contribution in [1.29, 1.82) is 0 Å². The van der Waals surface area contributed by atoms with Crippen molar-refractivity contribution in [3.63, 3.8) is 0 Å². The summed E-state index contributed by atoms with van der Waals surface area (Å²) in [6.45, 7) is -0.534. The molecule has 0 atom stereocenters. The van der Waals surface area contributed by atoms with Gasteiger partial charge in [-0.1, -0.05) is 24.3 Å². The Morgan fingerprint density at radius 2 is 1.39 bits per heavy atom. The Morgan fingerprint density at radius 1 is 0.913 bits per heavy atom. The standard InChI is InChI=1S/C17H18N2O4/c1-23-17(22)19-15-8-4-13(5-9-15)10-12-2-6-14(7-3-12)18-16(21)11-20/h2-9,20H,10-11H2,1H3,(H,18,21)(H,19,22). The van der Waals surface area contributed by atoms with E-state index in [4.69, 9.17) is 5.11 Å². The van der Waals surface area contributed by atoms with Crippen LogP contribution in [0.1, 0.15) is 11.1 Å². The highest BCUT2D eigenvalue weighted by Crippen LogP contribution is 2.16. The molecule has 0 bridgehead atoms. The molecule has 0 aliphatic carbocycles. The van der Waals surface area contributed by atoms with Crippen LogP contribution in [0.5, 0.6) is 0 Å². The van der Waals surface area contributed by atoms with E-state index in [-0.39, 0.29) is 0 Å². The van der Waals surface area contributed by atoms with Gasteiger partial charge in [-0.05, 0) is 41.8 Å². The number of rotatable bonds is 5. The van der Waals surface area contributed by atoms with Gasteiger partial charge in [-0.25, -0.2) is 4.79 Å². The fraction of sp³-hybridized carbons (Fsp3) is 0.176. The van der Waals surface area contributed by atoms with Crippen LogP contribution in [0.4, 0.5) is 16.2 Å². The third-order valence-corrected chi connectivity index (χ3v) is 3.18. The van der Waals surface area contributed by atoms with E-state index in [2.05, 4.69) is 15.4 Å². The molecule has 0 radical (unpaired) electrons. The largest absolute Gasteiger partial charge is 0.453 e. The lowest BCUT2D eigenvalue weighted by atomic mass is 10.0. The van der Waals surface area contributed by atoms with Gasteiger partial charge in [0.2, 0.25) is 5.91 Å².